The molecular weight excluding hydrogens is 428 g/mol. The Balaban J connectivity index is 2.10. The van der Waals surface area contributed by atoms with Crippen LogP contribution in [-0.2, 0) is 26.1 Å². The van der Waals surface area contributed by atoms with Crippen LogP contribution in [0.5, 0.6) is 0 Å². The molecule has 0 aliphatic heterocycles. The first-order chi connectivity index (χ1) is 15.5. The van der Waals surface area contributed by atoms with E-state index in [9.17, 15) is 9.59 Å². The number of carbonyl (C=O) groups is 2. The Morgan fingerprint density at radius 3 is 2.33 bits per heavy atom. The van der Waals surface area contributed by atoms with E-state index in [-0.39, 0.29) is 11.8 Å². The van der Waals surface area contributed by atoms with Gasteiger partial charge in [-0.1, -0.05) is 33.3 Å². The van der Waals surface area contributed by atoms with E-state index in [4.69, 9.17) is 31.4 Å². The monoisotopic (exact) mass is 460 g/mol. The predicted octanol–water partition coefficient (Wildman–Crippen LogP) is 2.93. The van der Waals surface area contributed by atoms with Crippen LogP contribution in [0, 0.1) is 11.3 Å². The molecule has 2 aliphatic rings. The molecule has 0 bridgehead atoms. The van der Waals surface area contributed by atoms with Crippen LogP contribution < -0.4 is 11.5 Å². The Bertz CT molecular complexity index is 1020. The number of ether oxygens (including phenoxy) is 2. The number of amidine groups is 2. The average Bonchev–Trinajstić information content (AvgIpc) is 2.77. The van der Waals surface area contributed by atoms with Crippen LogP contribution in [0.4, 0.5) is 0 Å². The van der Waals surface area contributed by atoms with Crippen LogP contribution in [0.1, 0.15) is 86.3 Å². The molecule has 2 aliphatic carbocycles. The minimum atomic E-state index is -0.842. The molecule has 6 N–H and O–H groups in total. The summed E-state index contributed by atoms with van der Waals surface area (Å²) < 4.78 is 10.1. The summed E-state index contributed by atoms with van der Waals surface area (Å²) in [7, 11) is 0. The van der Waals surface area contributed by atoms with Crippen molar-refractivity contribution in [3.8, 4) is 0 Å². The van der Waals surface area contributed by atoms with Crippen LogP contribution in [0.15, 0.2) is 22.4 Å². The van der Waals surface area contributed by atoms with Crippen molar-refractivity contribution in [2.45, 2.75) is 71.1 Å². The number of hydrogen-bond acceptors (Lipinski definition) is 8. The number of esters is 2. The third-order valence-corrected chi connectivity index (χ3v) is 7.42. The Kier molecular flexibility index (Phi) is 6.58. The van der Waals surface area contributed by atoms with Crippen molar-refractivity contribution < 1.29 is 29.5 Å². The molecule has 1 saturated carbocycles. The van der Waals surface area contributed by atoms with Crippen molar-refractivity contribution in [2.75, 3.05) is 0 Å². The normalized spacial score (nSPS) is 27.5. The van der Waals surface area contributed by atoms with Gasteiger partial charge < -0.3 is 31.4 Å². The maximum absolute atomic E-state index is 13.1. The average molecular weight is 461 g/mol. The lowest BCUT2D eigenvalue weighted by molar-refractivity contribution is -0.156. The quantitative estimate of drug-likeness (QED) is 0.175. The van der Waals surface area contributed by atoms with Gasteiger partial charge in [-0.2, -0.15) is 0 Å². The molecule has 1 fully saturated rings. The molecule has 0 spiro atoms. The highest BCUT2D eigenvalue weighted by Crippen LogP contribution is 2.58. The number of carbonyl (C=O) groups excluding carboxylic acids is 2. The minimum absolute atomic E-state index is 0.0445. The van der Waals surface area contributed by atoms with Gasteiger partial charge in [-0.05, 0) is 82.9 Å². The summed E-state index contributed by atoms with van der Waals surface area (Å²) in [5, 5.41) is 23.1. The maximum atomic E-state index is 13.1. The van der Waals surface area contributed by atoms with Gasteiger partial charge in [-0.25, -0.2) is 4.79 Å². The number of fused-ring (bicyclic) bond motifs is 3. The summed E-state index contributed by atoms with van der Waals surface area (Å²) in [5.41, 5.74) is 12.9. The third kappa shape index (κ3) is 4.21. The molecule has 10 nitrogen and oxygen atoms in total. The molecule has 0 amide bonds. The molecule has 3 unspecified atom stereocenters. The molecule has 3 atom stereocenters. The summed E-state index contributed by atoms with van der Waals surface area (Å²) in [6.45, 7) is 7.94. The van der Waals surface area contributed by atoms with E-state index in [1.165, 1.54) is 0 Å². The molecule has 1 aromatic rings. The standard InChI is InChI=1S/C23H32N4O6/c1-12(2)14-10-13-6-7-17-22(3,16(13)11-15(14)18(28)32-20(24)26-30)8-5-9-23(17,4)19(29)33-21(25)27-31/h10-12,17,30-31H,5-9H2,1-4H3,(H2,24,26)(H2,25,27). The fourth-order valence-corrected chi connectivity index (χ4v) is 5.84. The maximum Gasteiger partial charge on any atom is 0.346 e. The zero-order chi connectivity index (χ0) is 24.6. The summed E-state index contributed by atoms with van der Waals surface area (Å²) in [4.78, 5) is 25.9. The second kappa shape index (κ2) is 8.92. The van der Waals surface area contributed by atoms with Gasteiger partial charge in [-0.15, -0.1) is 0 Å². The molecule has 0 saturated heterocycles. The first kappa shape index (κ1) is 24.3. The van der Waals surface area contributed by atoms with E-state index < -0.39 is 34.8 Å². The van der Waals surface area contributed by atoms with E-state index >= 15 is 0 Å². The van der Waals surface area contributed by atoms with Crippen LogP contribution in [0.2, 0.25) is 0 Å². The van der Waals surface area contributed by atoms with Gasteiger partial charge in [-0.3, -0.25) is 4.79 Å². The summed E-state index contributed by atoms with van der Waals surface area (Å²) >= 11 is 0. The smallest absolute Gasteiger partial charge is 0.346 e. The zero-order valence-electron chi connectivity index (χ0n) is 19.4. The summed E-state index contributed by atoms with van der Waals surface area (Å²) in [6, 6.07) is 2.65. The van der Waals surface area contributed by atoms with E-state index in [1.807, 2.05) is 32.9 Å². The topological polar surface area (TPSA) is 170 Å². The fourth-order valence-electron chi connectivity index (χ4n) is 5.84. The Labute approximate surface area is 192 Å². The van der Waals surface area contributed by atoms with Gasteiger partial charge in [0.25, 0.3) is 0 Å². The zero-order valence-corrected chi connectivity index (χ0v) is 19.4. The van der Waals surface area contributed by atoms with Crippen molar-refractivity contribution in [2.24, 2.45) is 33.1 Å². The second-order valence-electron chi connectivity index (χ2n) is 9.69. The lowest BCUT2D eigenvalue weighted by Gasteiger charge is -2.54. The fraction of sp³-hybridized carbons (Fsp3) is 0.565. The second-order valence-corrected chi connectivity index (χ2v) is 9.69. The number of hydrogen-bond donors (Lipinski definition) is 4. The van der Waals surface area contributed by atoms with Gasteiger partial charge in [0.1, 0.15) is 0 Å². The molecule has 33 heavy (non-hydrogen) atoms. The summed E-state index contributed by atoms with van der Waals surface area (Å²) in [5.74, 6) is -1.26. The van der Waals surface area contributed by atoms with Crippen LogP contribution >= 0.6 is 0 Å². The molecule has 0 radical (unpaired) electrons. The lowest BCUT2D eigenvalue weighted by atomic mass is 9.49. The number of benzene rings is 1. The number of rotatable bonds is 3. The molecule has 180 valence electrons. The first-order valence-electron chi connectivity index (χ1n) is 11.0. The van der Waals surface area contributed by atoms with Crippen molar-refractivity contribution in [3.63, 3.8) is 0 Å². The van der Waals surface area contributed by atoms with E-state index in [0.717, 1.165) is 42.4 Å². The predicted molar refractivity (Wildman–Crippen MR) is 120 cm³/mol. The number of aryl methyl sites for hydroxylation is 1. The van der Waals surface area contributed by atoms with Crippen LogP contribution in [0.25, 0.3) is 0 Å². The van der Waals surface area contributed by atoms with Crippen LogP contribution in [0.3, 0.4) is 0 Å². The Hall–Kier alpha value is -3.30. The SMILES string of the molecule is CC(C)c1cc2c(cc1C(=O)OC(N)=NO)C1(C)CCCC(C)(C(=O)OC(N)=NO)C1CC2. The van der Waals surface area contributed by atoms with Gasteiger partial charge in [0.05, 0.1) is 11.0 Å². The molecule has 3 rings (SSSR count). The number of nitrogens with two attached hydrogens (primary N) is 2. The largest absolute Gasteiger partial charge is 0.407 e. The van der Waals surface area contributed by atoms with E-state index in [0.29, 0.717) is 12.0 Å². The van der Waals surface area contributed by atoms with Gasteiger partial charge in [0, 0.05) is 0 Å². The molecule has 0 aromatic heterocycles. The van der Waals surface area contributed by atoms with Gasteiger partial charge in [0.15, 0.2) is 0 Å². The summed E-state index contributed by atoms with van der Waals surface area (Å²) in [6.07, 6.45) is 3.70. The van der Waals surface area contributed by atoms with Gasteiger partial charge in [0.2, 0.25) is 0 Å². The van der Waals surface area contributed by atoms with E-state index in [2.05, 4.69) is 17.2 Å². The number of oxime groups is 2. The van der Waals surface area contributed by atoms with Crippen molar-refractivity contribution in [3.05, 3.63) is 34.4 Å². The Morgan fingerprint density at radius 2 is 1.73 bits per heavy atom. The highest BCUT2D eigenvalue weighted by molar-refractivity contribution is 5.98. The molecule has 0 heterocycles. The van der Waals surface area contributed by atoms with Gasteiger partial charge >= 0.3 is 24.0 Å². The number of nitrogens with zero attached hydrogens (tertiary/aromatic N) is 2. The first-order valence-corrected chi connectivity index (χ1v) is 11.0. The third-order valence-electron chi connectivity index (χ3n) is 7.42. The lowest BCUT2D eigenvalue weighted by Crippen LogP contribution is -2.53. The van der Waals surface area contributed by atoms with E-state index in [1.54, 1.807) is 0 Å². The molecule has 10 heteroatoms. The highest BCUT2D eigenvalue weighted by atomic mass is 16.6. The van der Waals surface area contributed by atoms with Crippen molar-refractivity contribution in [1.82, 2.24) is 0 Å². The van der Waals surface area contributed by atoms with Crippen LogP contribution in [-0.4, -0.2) is 34.4 Å². The van der Waals surface area contributed by atoms with Crippen molar-refractivity contribution in [1.29, 1.82) is 0 Å². The molecule has 1 aromatic carbocycles. The van der Waals surface area contributed by atoms with Crippen molar-refractivity contribution >= 4 is 24.0 Å². The highest BCUT2D eigenvalue weighted by Gasteiger charge is 2.56. The molecular formula is C23H32N4O6. The minimum Gasteiger partial charge on any atom is -0.407 e. The Morgan fingerprint density at radius 1 is 1.09 bits per heavy atom.